The van der Waals surface area contributed by atoms with E-state index < -0.39 is 0 Å². The predicted octanol–water partition coefficient (Wildman–Crippen LogP) is 8.82. The van der Waals surface area contributed by atoms with Crippen LogP contribution in [0.3, 0.4) is 0 Å². The number of likely N-dealkylation sites (tertiary alicyclic amines) is 1. The van der Waals surface area contributed by atoms with Crippen LogP contribution >= 0.6 is 0 Å². The maximum atomic E-state index is 12.8. The average Bonchev–Trinajstić information content (AvgIpc) is 3.08. The molecule has 1 saturated carbocycles. The molecule has 1 aromatic carbocycles. The maximum Gasteiger partial charge on any atom is 0.309 e. The Kier molecular flexibility index (Phi) is 19.7. The number of benzene rings is 1. The number of piperidine rings is 1. The van der Waals surface area contributed by atoms with Crippen LogP contribution in [0.5, 0.6) is 0 Å². The third-order valence-electron chi connectivity index (χ3n) is 9.95. The molecule has 1 atom stereocenters. The van der Waals surface area contributed by atoms with Crippen LogP contribution in [-0.4, -0.2) is 56.2 Å². The number of ether oxygens (including phenoxy) is 3. The maximum absolute atomic E-state index is 12.8. The SMILES string of the molecule is CN1CCC(C(=O)OCC(CCCCCCCC(=O)OCc2ccccc2)CCCCCCCC(=O)OCC2CCCCC2)CC1. The molecule has 0 bridgehead atoms. The monoisotopic (exact) mass is 641 g/mol. The summed E-state index contributed by atoms with van der Waals surface area (Å²) in [7, 11) is 2.11. The van der Waals surface area contributed by atoms with E-state index in [2.05, 4.69) is 11.9 Å². The van der Waals surface area contributed by atoms with Crippen LogP contribution in [0.1, 0.15) is 140 Å². The van der Waals surface area contributed by atoms with E-state index in [1.807, 2.05) is 30.3 Å². The molecular formula is C39H63NO6. The molecule has 2 fully saturated rings. The topological polar surface area (TPSA) is 82.1 Å². The van der Waals surface area contributed by atoms with E-state index in [0.29, 0.717) is 44.5 Å². The lowest BCUT2D eigenvalue weighted by Crippen LogP contribution is -2.34. The molecule has 1 aliphatic carbocycles. The molecular weight excluding hydrogens is 578 g/mol. The molecule has 0 radical (unpaired) electrons. The zero-order chi connectivity index (χ0) is 32.7. The predicted molar refractivity (Wildman–Crippen MR) is 183 cm³/mol. The molecule has 0 amide bonds. The minimum atomic E-state index is -0.120. The molecule has 1 saturated heterocycles. The highest BCUT2D eigenvalue weighted by Gasteiger charge is 2.25. The van der Waals surface area contributed by atoms with Gasteiger partial charge in [-0.1, -0.05) is 101 Å². The van der Waals surface area contributed by atoms with Crippen LogP contribution in [0, 0.1) is 17.8 Å². The highest BCUT2D eigenvalue weighted by molar-refractivity contribution is 5.72. The zero-order valence-corrected chi connectivity index (χ0v) is 28.9. The minimum absolute atomic E-state index is 0.00683. The van der Waals surface area contributed by atoms with E-state index in [1.165, 1.54) is 32.1 Å². The Hall–Kier alpha value is -2.41. The first-order valence-electron chi connectivity index (χ1n) is 18.7. The van der Waals surface area contributed by atoms with Gasteiger partial charge in [-0.3, -0.25) is 14.4 Å². The largest absolute Gasteiger partial charge is 0.465 e. The number of esters is 3. The smallest absolute Gasteiger partial charge is 0.309 e. The van der Waals surface area contributed by atoms with Gasteiger partial charge in [-0.2, -0.15) is 0 Å². The fourth-order valence-electron chi connectivity index (χ4n) is 6.79. The Morgan fingerprint density at radius 3 is 1.89 bits per heavy atom. The van der Waals surface area contributed by atoms with Gasteiger partial charge < -0.3 is 19.1 Å². The van der Waals surface area contributed by atoms with Gasteiger partial charge in [0.05, 0.1) is 19.1 Å². The Balaban J connectivity index is 1.24. The lowest BCUT2D eigenvalue weighted by Gasteiger charge is -2.28. The lowest BCUT2D eigenvalue weighted by atomic mass is 9.90. The molecule has 1 heterocycles. The number of unbranched alkanes of at least 4 members (excludes halogenated alkanes) is 8. The molecule has 1 aromatic rings. The Morgan fingerprint density at radius 2 is 1.26 bits per heavy atom. The number of rotatable bonds is 23. The molecule has 0 spiro atoms. The highest BCUT2D eigenvalue weighted by Crippen LogP contribution is 2.25. The van der Waals surface area contributed by atoms with Crippen molar-refractivity contribution in [3.8, 4) is 0 Å². The van der Waals surface area contributed by atoms with Crippen molar-refractivity contribution in [2.24, 2.45) is 17.8 Å². The quantitative estimate of drug-likeness (QED) is 0.0671. The number of hydrogen-bond acceptors (Lipinski definition) is 7. The Bertz CT molecular complexity index is 954. The molecule has 260 valence electrons. The molecule has 1 aliphatic heterocycles. The summed E-state index contributed by atoms with van der Waals surface area (Å²) < 4.78 is 16.8. The van der Waals surface area contributed by atoms with Gasteiger partial charge in [0.25, 0.3) is 0 Å². The Labute approximate surface area is 279 Å². The molecule has 46 heavy (non-hydrogen) atoms. The second kappa shape index (κ2) is 23.8. The summed E-state index contributed by atoms with van der Waals surface area (Å²) in [6, 6.07) is 9.80. The average molecular weight is 642 g/mol. The van der Waals surface area contributed by atoms with Crippen molar-refractivity contribution < 1.29 is 28.6 Å². The first-order chi connectivity index (χ1) is 22.5. The highest BCUT2D eigenvalue weighted by atomic mass is 16.5. The van der Waals surface area contributed by atoms with Crippen molar-refractivity contribution in [3.63, 3.8) is 0 Å². The second-order valence-corrected chi connectivity index (χ2v) is 14.0. The standard InChI is InChI=1S/C39H63NO6/c1-40-28-26-36(27-29-40)39(43)46-32-35(18-10-4-2-6-16-24-37(41)44-30-33-20-12-8-13-21-33)19-11-5-3-7-17-25-38(42)45-31-34-22-14-9-15-23-34/h8,12-13,20-21,34-36H,2-7,9-11,14-19,22-32H2,1H3. The van der Waals surface area contributed by atoms with E-state index in [4.69, 9.17) is 14.2 Å². The number of carbonyl (C=O) groups excluding carboxylic acids is 3. The van der Waals surface area contributed by atoms with Gasteiger partial charge in [-0.05, 0) is 88.9 Å². The number of carbonyl (C=O) groups is 3. The summed E-state index contributed by atoms with van der Waals surface area (Å²) in [5.74, 6) is 0.872. The van der Waals surface area contributed by atoms with E-state index in [-0.39, 0.29) is 23.8 Å². The van der Waals surface area contributed by atoms with E-state index in [0.717, 1.165) is 109 Å². The van der Waals surface area contributed by atoms with Crippen molar-refractivity contribution in [2.75, 3.05) is 33.4 Å². The van der Waals surface area contributed by atoms with Crippen LogP contribution < -0.4 is 0 Å². The summed E-state index contributed by atoms with van der Waals surface area (Å²) in [4.78, 5) is 39.2. The first kappa shape index (κ1) is 38.0. The van der Waals surface area contributed by atoms with Crippen LogP contribution in [0.4, 0.5) is 0 Å². The van der Waals surface area contributed by atoms with Crippen molar-refractivity contribution in [1.82, 2.24) is 4.90 Å². The summed E-state index contributed by atoms with van der Waals surface area (Å²) in [5.41, 5.74) is 1.02. The van der Waals surface area contributed by atoms with E-state index >= 15 is 0 Å². The summed E-state index contributed by atoms with van der Waals surface area (Å²) in [5, 5.41) is 0. The third-order valence-corrected chi connectivity index (χ3v) is 9.95. The second-order valence-electron chi connectivity index (χ2n) is 14.0. The van der Waals surface area contributed by atoms with Crippen LogP contribution in [0.25, 0.3) is 0 Å². The van der Waals surface area contributed by atoms with Gasteiger partial charge in [0.2, 0.25) is 0 Å². The van der Waals surface area contributed by atoms with Crippen molar-refractivity contribution >= 4 is 17.9 Å². The molecule has 3 rings (SSSR count). The molecule has 1 unspecified atom stereocenters. The van der Waals surface area contributed by atoms with Crippen molar-refractivity contribution in [3.05, 3.63) is 35.9 Å². The molecule has 2 aliphatic rings. The van der Waals surface area contributed by atoms with Gasteiger partial charge in [0.15, 0.2) is 0 Å². The van der Waals surface area contributed by atoms with Crippen LogP contribution in [-0.2, 0) is 35.2 Å². The zero-order valence-electron chi connectivity index (χ0n) is 28.9. The molecule has 0 N–H and O–H groups in total. The normalized spacial score (nSPS) is 17.0. The van der Waals surface area contributed by atoms with E-state index in [9.17, 15) is 14.4 Å². The van der Waals surface area contributed by atoms with Crippen LogP contribution in [0.2, 0.25) is 0 Å². The summed E-state index contributed by atoms with van der Waals surface area (Å²) in [6.07, 6.45) is 21.9. The number of nitrogens with zero attached hydrogens (tertiary/aromatic N) is 1. The Morgan fingerprint density at radius 1 is 0.696 bits per heavy atom. The first-order valence-corrected chi connectivity index (χ1v) is 18.7. The van der Waals surface area contributed by atoms with Gasteiger partial charge in [0.1, 0.15) is 6.61 Å². The summed E-state index contributed by atoms with van der Waals surface area (Å²) in [6.45, 7) is 3.43. The fraction of sp³-hybridized carbons (Fsp3) is 0.769. The number of hydrogen-bond donors (Lipinski definition) is 0. The van der Waals surface area contributed by atoms with E-state index in [1.54, 1.807) is 0 Å². The lowest BCUT2D eigenvalue weighted by molar-refractivity contribution is -0.151. The molecule has 0 aromatic heterocycles. The minimum Gasteiger partial charge on any atom is -0.465 e. The third kappa shape index (κ3) is 17.5. The van der Waals surface area contributed by atoms with Crippen molar-refractivity contribution in [2.45, 2.75) is 141 Å². The molecule has 7 nitrogen and oxygen atoms in total. The summed E-state index contributed by atoms with van der Waals surface area (Å²) >= 11 is 0. The van der Waals surface area contributed by atoms with Gasteiger partial charge in [-0.15, -0.1) is 0 Å². The van der Waals surface area contributed by atoms with Gasteiger partial charge in [-0.25, -0.2) is 0 Å². The van der Waals surface area contributed by atoms with Gasteiger partial charge in [0, 0.05) is 12.8 Å². The molecule has 7 heteroatoms. The van der Waals surface area contributed by atoms with Gasteiger partial charge >= 0.3 is 17.9 Å². The van der Waals surface area contributed by atoms with Crippen LogP contribution in [0.15, 0.2) is 30.3 Å². The fourth-order valence-corrected chi connectivity index (χ4v) is 6.79. The van der Waals surface area contributed by atoms with Crippen molar-refractivity contribution in [1.29, 1.82) is 0 Å².